The molecule has 0 aromatic heterocycles. The zero-order valence-electron chi connectivity index (χ0n) is 13.0. The summed E-state index contributed by atoms with van der Waals surface area (Å²) in [7, 11) is 0. The Morgan fingerprint density at radius 2 is 1.35 bits per heavy atom. The summed E-state index contributed by atoms with van der Waals surface area (Å²) < 4.78 is 0. The van der Waals surface area contributed by atoms with Crippen molar-refractivity contribution in [3.8, 4) is 0 Å². The molecule has 0 spiro atoms. The van der Waals surface area contributed by atoms with Gasteiger partial charge in [0.15, 0.2) is 0 Å². The molecule has 20 heavy (non-hydrogen) atoms. The summed E-state index contributed by atoms with van der Waals surface area (Å²) in [5.74, 6) is -0.878. The number of aliphatic hydroxyl groups is 1. The van der Waals surface area contributed by atoms with Crippen LogP contribution in [0.5, 0.6) is 0 Å². The molecule has 0 aliphatic heterocycles. The van der Waals surface area contributed by atoms with Gasteiger partial charge in [0.05, 0.1) is 6.10 Å². The first kappa shape index (κ1) is 21.2. The van der Waals surface area contributed by atoms with Crippen LogP contribution in [0.15, 0.2) is 0 Å². The van der Waals surface area contributed by atoms with Crippen molar-refractivity contribution in [2.75, 3.05) is 0 Å². The molecule has 0 aromatic rings. The molecular formula is C15H30O5. The van der Waals surface area contributed by atoms with Crippen molar-refractivity contribution in [1.29, 1.82) is 0 Å². The van der Waals surface area contributed by atoms with E-state index < -0.39 is 18.0 Å². The highest BCUT2D eigenvalue weighted by Gasteiger charge is 2.06. The zero-order valence-corrected chi connectivity index (χ0v) is 13.0. The largest absolute Gasteiger partial charge is 0.481 e. The molecule has 1 unspecified atom stereocenters. The molecule has 5 nitrogen and oxygen atoms in total. The number of unbranched alkanes of at least 4 members (excludes halogenated alkanes) is 3. The lowest BCUT2D eigenvalue weighted by atomic mass is 10.0. The molecule has 0 aliphatic rings. The average Bonchev–Trinajstić information content (AvgIpc) is 2.30. The molecule has 1 atom stereocenters. The van der Waals surface area contributed by atoms with E-state index in [1.807, 2.05) is 0 Å². The van der Waals surface area contributed by atoms with Gasteiger partial charge in [-0.15, -0.1) is 0 Å². The third kappa shape index (κ3) is 25.7. The molecule has 120 valence electrons. The normalized spacial score (nSPS) is 11.7. The first-order chi connectivity index (χ1) is 9.25. The third-order valence-corrected chi connectivity index (χ3v) is 2.76. The lowest BCUT2D eigenvalue weighted by Crippen LogP contribution is -2.09. The standard InChI is InChI=1S/C13H26O3.C2H4O2/c1-11(2)7-5-3-4-6-8-12(14)9-10-13(15)16;1-2(3)4/h11-12,14H,3-10H2,1-2H3,(H,15,16);1H3,(H,3,4). The number of carboxylic acid groups (broad SMARTS) is 2. The number of hydrogen-bond donors (Lipinski definition) is 3. The number of carboxylic acids is 2. The van der Waals surface area contributed by atoms with Gasteiger partial charge in [0.2, 0.25) is 0 Å². The van der Waals surface area contributed by atoms with Gasteiger partial charge in [0.25, 0.3) is 5.97 Å². The van der Waals surface area contributed by atoms with E-state index in [1.165, 1.54) is 19.3 Å². The average molecular weight is 290 g/mol. The molecule has 0 rings (SSSR count). The molecule has 0 bridgehead atoms. The summed E-state index contributed by atoms with van der Waals surface area (Å²) in [5, 5.41) is 25.3. The Bertz CT molecular complexity index is 247. The van der Waals surface area contributed by atoms with E-state index in [0.717, 1.165) is 32.1 Å². The van der Waals surface area contributed by atoms with Crippen LogP contribution in [-0.2, 0) is 9.59 Å². The van der Waals surface area contributed by atoms with Gasteiger partial charge in [-0.3, -0.25) is 9.59 Å². The second-order valence-electron chi connectivity index (χ2n) is 5.49. The molecule has 0 radical (unpaired) electrons. The van der Waals surface area contributed by atoms with Crippen molar-refractivity contribution < 1.29 is 24.9 Å². The fourth-order valence-electron chi connectivity index (χ4n) is 1.72. The van der Waals surface area contributed by atoms with Gasteiger partial charge in [-0.1, -0.05) is 46.0 Å². The van der Waals surface area contributed by atoms with Gasteiger partial charge in [0.1, 0.15) is 0 Å². The maximum Gasteiger partial charge on any atom is 0.303 e. The van der Waals surface area contributed by atoms with Gasteiger partial charge >= 0.3 is 5.97 Å². The minimum Gasteiger partial charge on any atom is -0.481 e. The molecule has 0 heterocycles. The van der Waals surface area contributed by atoms with Crippen LogP contribution in [-0.4, -0.2) is 33.4 Å². The summed E-state index contributed by atoms with van der Waals surface area (Å²) in [4.78, 5) is 19.3. The predicted octanol–water partition coefficient (Wildman–Crippen LogP) is 3.30. The maximum atomic E-state index is 10.3. The van der Waals surface area contributed by atoms with Crippen molar-refractivity contribution in [2.45, 2.75) is 78.2 Å². The van der Waals surface area contributed by atoms with Gasteiger partial charge in [-0.2, -0.15) is 0 Å². The monoisotopic (exact) mass is 290 g/mol. The number of hydrogen-bond acceptors (Lipinski definition) is 3. The Labute approximate surface area is 122 Å². The Kier molecular flexibility index (Phi) is 15.2. The Hall–Kier alpha value is -1.10. The molecule has 0 saturated heterocycles. The second kappa shape index (κ2) is 14.3. The van der Waals surface area contributed by atoms with Crippen LogP contribution in [0.3, 0.4) is 0 Å². The molecule has 0 aromatic carbocycles. The van der Waals surface area contributed by atoms with E-state index in [1.54, 1.807) is 0 Å². The van der Waals surface area contributed by atoms with Gasteiger partial charge < -0.3 is 15.3 Å². The molecule has 3 N–H and O–H groups in total. The summed E-state index contributed by atoms with van der Waals surface area (Å²) in [5.41, 5.74) is 0. The smallest absolute Gasteiger partial charge is 0.303 e. The van der Waals surface area contributed by atoms with E-state index >= 15 is 0 Å². The Balaban J connectivity index is 0. The second-order valence-corrected chi connectivity index (χ2v) is 5.49. The van der Waals surface area contributed by atoms with Gasteiger partial charge in [-0.25, -0.2) is 0 Å². The summed E-state index contributed by atoms with van der Waals surface area (Å²) in [6.07, 6.45) is 6.72. The summed E-state index contributed by atoms with van der Waals surface area (Å²) in [6.45, 7) is 5.55. The number of aliphatic carboxylic acids is 2. The highest BCUT2D eigenvalue weighted by Crippen LogP contribution is 2.12. The van der Waals surface area contributed by atoms with Crippen molar-refractivity contribution >= 4 is 11.9 Å². The number of aliphatic hydroxyl groups excluding tert-OH is 1. The minimum atomic E-state index is -0.833. The topological polar surface area (TPSA) is 94.8 Å². The third-order valence-electron chi connectivity index (χ3n) is 2.76. The quantitative estimate of drug-likeness (QED) is 0.537. The first-order valence-electron chi connectivity index (χ1n) is 7.35. The van der Waals surface area contributed by atoms with E-state index in [9.17, 15) is 9.90 Å². The molecular weight excluding hydrogens is 260 g/mol. The van der Waals surface area contributed by atoms with Crippen LogP contribution in [0, 0.1) is 5.92 Å². The number of rotatable bonds is 10. The summed E-state index contributed by atoms with van der Waals surface area (Å²) in [6, 6.07) is 0. The van der Waals surface area contributed by atoms with Crippen LogP contribution < -0.4 is 0 Å². The van der Waals surface area contributed by atoms with Crippen molar-refractivity contribution in [3.63, 3.8) is 0 Å². The van der Waals surface area contributed by atoms with Crippen molar-refractivity contribution in [2.24, 2.45) is 5.92 Å². The van der Waals surface area contributed by atoms with Crippen LogP contribution >= 0.6 is 0 Å². The molecule has 5 heteroatoms. The fourth-order valence-corrected chi connectivity index (χ4v) is 1.72. The maximum absolute atomic E-state index is 10.3. The predicted molar refractivity (Wildman–Crippen MR) is 78.7 cm³/mol. The molecule has 0 fully saturated rings. The fraction of sp³-hybridized carbons (Fsp3) is 0.867. The Morgan fingerprint density at radius 3 is 1.75 bits per heavy atom. The Morgan fingerprint density at radius 1 is 0.900 bits per heavy atom. The van der Waals surface area contributed by atoms with E-state index in [0.29, 0.717) is 6.42 Å². The van der Waals surface area contributed by atoms with E-state index in [4.69, 9.17) is 15.0 Å². The molecule has 0 amide bonds. The van der Waals surface area contributed by atoms with Crippen LogP contribution in [0.25, 0.3) is 0 Å². The molecule has 0 aliphatic carbocycles. The first-order valence-corrected chi connectivity index (χ1v) is 7.35. The summed E-state index contributed by atoms with van der Waals surface area (Å²) >= 11 is 0. The lowest BCUT2D eigenvalue weighted by molar-refractivity contribution is -0.137. The zero-order chi connectivity index (χ0) is 16.0. The van der Waals surface area contributed by atoms with Crippen molar-refractivity contribution in [1.82, 2.24) is 0 Å². The molecule has 0 saturated carbocycles. The highest BCUT2D eigenvalue weighted by molar-refractivity contribution is 5.66. The van der Waals surface area contributed by atoms with Crippen LogP contribution in [0.4, 0.5) is 0 Å². The lowest BCUT2D eigenvalue weighted by Gasteiger charge is -2.09. The van der Waals surface area contributed by atoms with Crippen LogP contribution in [0.2, 0.25) is 0 Å². The van der Waals surface area contributed by atoms with Gasteiger partial charge in [-0.05, 0) is 18.8 Å². The number of carbonyl (C=O) groups is 2. The van der Waals surface area contributed by atoms with E-state index in [2.05, 4.69) is 13.8 Å². The van der Waals surface area contributed by atoms with E-state index in [-0.39, 0.29) is 6.42 Å². The van der Waals surface area contributed by atoms with Crippen LogP contribution in [0.1, 0.15) is 72.1 Å². The highest BCUT2D eigenvalue weighted by atomic mass is 16.4. The minimum absolute atomic E-state index is 0.0779. The van der Waals surface area contributed by atoms with Crippen molar-refractivity contribution in [3.05, 3.63) is 0 Å². The van der Waals surface area contributed by atoms with Gasteiger partial charge in [0, 0.05) is 13.3 Å². The SMILES string of the molecule is CC(=O)O.CC(C)CCCCCCC(O)CCC(=O)O.